The molecule has 2 heterocycles. The Labute approximate surface area is 129 Å². The number of likely N-dealkylation sites (N-methyl/N-ethyl adjacent to an activating group) is 1. The number of piperazine rings is 1. The zero-order valence-electron chi connectivity index (χ0n) is 14.5. The van der Waals surface area contributed by atoms with Crippen LogP contribution in [0.1, 0.15) is 37.1 Å². The standard InChI is InChI=1S/C16H31N5/c1-12(2)20-7-9-21(10-8-20)15(11-17-5)16-13(3)18-14(4)19(16)6/h12,15,17H,7-11H2,1-6H3. The number of aromatic nitrogens is 2. The molecule has 5 nitrogen and oxygen atoms in total. The van der Waals surface area contributed by atoms with Crippen LogP contribution in [0.3, 0.4) is 0 Å². The van der Waals surface area contributed by atoms with Crippen LogP contribution in [0.25, 0.3) is 0 Å². The number of nitrogens with zero attached hydrogens (tertiary/aromatic N) is 4. The van der Waals surface area contributed by atoms with E-state index in [2.05, 4.69) is 59.4 Å². The first kappa shape index (κ1) is 16.5. The molecule has 0 saturated carbocycles. The Hall–Kier alpha value is -0.910. The molecule has 120 valence electrons. The third kappa shape index (κ3) is 3.47. The summed E-state index contributed by atoms with van der Waals surface area (Å²) in [5.74, 6) is 1.10. The molecule has 0 spiro atoms. The molecule has 1 aliphatic rings. The predicted octanol–water partition coefficient (Wildman–Crippen LogP) is 1.32. The van der Waals surface area contributed by atoms with Gasteiger partial charge in [-0.05, 0) is 34.7 Å². The van der Waals surface area contributed by atoms with Crippen molar-refractivity contribution < 1.29 is 0 Å². The summed E-state index contributed by atoms with van der Waals surface area (Å²) in [7, 11) is 4.17. The van der Waals surface area contributed by atoms with Crippen LogP contribution < -0.4 is 5.32 Å². The molecule has 0 amide bonds. The smallest absolute Gasteiger partial charge is 0.105 e. The largest absolute Gasteiger partial charge is 0.334 e. The molecular formula is C16H31N5. The second-order valence-electron chi connectivity index (χ2n) is 6.43. The summed E-state index contributed by atoms with van der Waals surface area (Å²) in [6, 6.07) is 1.06. The molecule has 1 aromatic heterocycles. The van der Waals surface area contributed by atoms with Crippen LogP contribution in [-0.4, -0.2) is 65.2 Å². The Kier molecular flexibility index (Phi) is 5.41. The quantitative estimate of drug-likeness (QED) is 0.888. The SMILES string of the molecule is CNCC(c1c(C)nc(C)n1C)N1CCN(C(C)C)CC1. The number of rotatable bonds is 5. The Morgan fingerprint density at radius 2 is 1.67 bits per heavy atom. The summed E-state index contributed by atoms with van der Waals surface area (Å²) in [5.41, 5.74) is 2.53. The number of hydrogen-bond donors (Lipinski definition) is 1. The zero-order chi connectivity index (χ0) is 15.6. The first-order valence-electron chi connectivity index (χ1n) is 8.08. The monoisotopic (exact) mass is 293 g/mol. The summed E-state index contributed by atoms with van der Waals surface area (Å²) in [6.07, 6.45) is 0. The summed E-state index contributed by atoms with van der Waals surface area (Å²) >= 11 is 0. The van der Waals surface area contributed by atoms with Gasteiger partial charge in [0.25, 0.3) is 0 Å². The summed E-state index contributed by atoms with van der Waals surface area (Å²) in [4.78, 5) is 9.82. The highest BCUT2D eigenvalue weighted by molar-refractivity contribution is 5.20. The van der Waals surface area contributed by atoms with Crippen LogP contribution in [0.5, 0.6) is 0 Å². The van der Waals surface area contributed by atoms with Gasteiger partial charge in [0.2, 0.25) is 0 Å². The summed E-state index contributed by atoms with van der Waals surface area (Å²) in [5, 5.41) is 3.36. The van der Waals surface area contributed by atoms with E-state index < -0.39 is 0 Å². The van der Waals surface area contributed by atoms with Crippen LogP contribution in [-0.2, 0) is 7.05 Å². The molecule has 1 aromatic rings. The van der Waals surface area contributed by atoms with Crippen molar-refractivity contribution in [1.82, 2.24) is 24.7 Å². The molecule has 0 aromatic carbocycles. The minimum absolute atomic E-state index is 0.413. The van der Waals surface area contributed by atoms with E-state index in [4.69, 9.17) is 0 Å². The number of imidazole rings is 1. The Bertz CT molecular complexity index is 457. The second-order valence-corrected chi connectivity index (χ2v) is 6.43. The first-order valence-corrected chi connectivity index (χ1v) is 8.08. The molecule has 0 radical (unpaired) electrons. The van der Waals surface area contributed by atoms with E-state index in [1.807, 2.05) is 7.05 Å². The molecular weight excluding hydrogens is 262 g/mol. The average molecular weight is 293 g/mol. The minimum Gasteiger partial charge on any atom is -0.334 e. The lowest BCUT2D eigenvalue weighted by atomic mass is 10.1. The van der Waals surface area contributed by atoms with Gasteiger partial charge in [0.15, 0.2) is 0 Å². The van der Waals surface area contributed by atoms with Crippen molar-refractivity contribution in [2.24, 2.45) is 7.05 Å². The van der Waals surface area contributed by atoms with E-state index >= 15 is 0 Å². The molecule has 1 atom stereocenters. The fourth-order valence-electron chi connectivity index (χ4n) is 3.41. The van der Waals surface area contributed by atoms with E-state index in [0.717, 1.165) is 38.5 Å². The van der Waals surface area contributed by atoms with E-state index in [1.165, 1.54) is 11.4 Å². The average Bonchev–Trinajstić information content (AvgIpc) is 2.70. The van der Waals surface area contributed by atoms with Gasteiger partial charge in [0.05, 0.1) is 17.4 Å². The van der Waals surface area contributed by atoms with Gasteiger partial charge in [-0.1, -0.05) is 0 Å². The molecule has 1 fully saturated rings. The Balaban J connectivity index is 2.17. The Morgan fingerprint density at radius 1 is 1.10 bits per heavy atom. The lowest BCUT2D eigenvalue weighted by Gasteiger charge is -2.41. The molecule has 1 aliphatic heterocycles. The third-order valence-electron chi connectivity index (χ3n) is 4.78. The maximum absolute atomic E-state index is 4.65. The fraction of sp³-hybridized carbons (Fsp3) is 0.812. The molecule has 0 aliphatic carbocycles. The van der Waals surface area contributed by atoms with E-state index in [0.29, 0.717) is 12.1 Å². The lowest BCUT2D eigenvalue weighted by molar-refractivity contribution is 0.0755. The number of nitrogens with one attached hydrogen (secondary N) is 1. The van der Waals surface area contributed by atoms with Crippen molar-refractivity contribution in [2.45, 2.75) is 39.8 Å². The highest BCUT2D eigenvalue weighted by Gasteiger charge is 2.28. The van der Waals surface area contributed by atoms with Crippen molar-refractivity contribution in [3.8, 4) is 0 Å². The van der Waals surface area contributed by atoms with E-state index in [-0.39, 0.29) is 0 Å². The highest BCUT2D eigenvalue weighted by atomic mass is 15.3. The van der Waals surface area contributed by atoms with Crippen molar-refractivity contribution in [3.63, 3.8) is 0 Å². The third-order valence-corrected chi connectivity index (χ3v) is 4.78. The van der Waals surface area contributed by atoms with Gasteiger partial charge in [-0.2, -0.15) is 0 Å². The Morgan fingerprint density at radius 3 is 2.10 bits per heavy atom. The van der Waals surface area contributed by atoms with Crippen LogP contribution in [0, 0.1) is 13.8 Å². The van der Waals surface area contributed by atoms with Gasteiger partial charge in [0, 0.05) is 45.8 Å². The molecule has 5 heteroatoms. The van der Waals surface area contributed by atoms with Crippen molar-refractivity contribution in [1.29, 1.82) is 0 Å². The van der Waals surface area contributed by atoms with Gasteiger partial charge >= 0.3 is 0 Å². The highest BCUT2D eigenvalue weighted by Crippen LogP contribution is 2.25. The van der Waals surface area contributed by atoms with Gasteiger partial charge in [0.1, 0.15) is 5.82 Å². The number of hydrogen-bond acceptors (Lipinski definition) is 4. The van der Waals surface area contributed by atoms with E-state index in [1.54, 1.807) is 0 Å². The normalized spacial score (nSPS) is 19.4. The lowest BCUT2D eigenvalue weighted by Crippen LogP contribution is -2.51. The van der Waals surface area contributed by atoms with Gasteiger partial charge in [-0.3, -0.25) is 9.80 Å². The predicted molar refractivity (Wildman–Crippen MR) is 87.6 cm³/mol. The zero-order valence-corrected chi connectivity index (χ0v) is 14.5. The maximum atomic E-state index is 4.65. The first-order chi connectivity index (χ1) is 9.95. The molecule has 0 bridgehead atoms. The van der Waals surface area contributed by atoms with Crippen molar-refractivity contribution >= 4 is 0 Å². The molecule has 2 rings (SSSR count). The maximum Gasteiger partial charge on any atom is 0.105 e. The fourth-order valence-corrected chi connectivity index (χ4v) is 3.41. The number of aryl methyl sites for hydroxylation is 2. The van der Waals surface area contributed by atoms with Crippen LogP contribution in [0.2, 0.25) is 0 Å². The topological polar surface area (TPSA) is 36.3 Å². The molecule has 1 N–H and O–H groups in total. The van der Waals surface area contributed by atoms with Crippen LogP contribution >= 0.6 is 0 Å². The van der Waals surface area contributed by atoms with Gasteiger partial charge in [-0.25, -0.2) is 4.98 Å². The van der Waals surface area contributed by atoms with Gasteiger partial charge in [-0.15, -0.1) is 0 Å². The van der Waals surface area contributed by atoms with Crippen LogP contribution in [0.15, 0.2) is 0 Å². The summed E-state index contributed by atoms with van der Waals surface area (Å²) in [6.45, 7) is 14.4. The van der Waals surface area contributed by atoms with E-state index in [9.17, 15) is 0 Å². The van der Waals surface area contributed by atoms with Gasteiger partial charge < -0.3 is 9.88 Å². The molecule has 1 unspecified atom stereocenters. The minimum atomic E-state index is 0.413. The molecule has 1 saturated heterocycles. The van der Waals surface area contributed by atoms with Crippen LogP contribution in [0.4, 0.5) is 0 Å². The molecule has 21 heavy (non-hydrogen) atoms. The van der Waals surface area contributed by atoms with Crippen molar-refractivity contribution in [2.75, 3.05) is 39.8 Å². The van der Waals surface area contributed by atoms with Crippen molar-refractivity contribution in [3.05, 3.63) is 17.2 Å². The second kappa shape index (κ2) is 6.90. The summed E-state index contributed by atoms with van der Waals surface area (Å²) < 4.78 is 2.26.